The smallest absolute Gasteiger partial charge is 0.309 e. The summed E-state index contributed by atoms with van der Waals surface area (Å²) in [5.74, 6) is 0.0965. The highest BCUT2D eigenvalue weighted by molar-refractivity contribution is 5.72. The second-order valence-corrected chi connectivity index (χ2v) is 3.84. The SMILES string of the molecule is CC=COCCOC(=O)C1CCCCC1. The van der Waals surface area contributed by atoms with Crippen LogP contribution in [-0.2, 0) is 14.3 Å². The van der Waals surface area contributed by atoms with Crippen LogP contribution < -0.4 is 0 Å². The summed E-state index contributed by atoms with van der Waals surface area (Å²) < 4.78 is 10.2. The highest BCUT2D eigenvalue weighted by Gasteiger charge is 2.21. The Morgan fingerprint density at radius 2 is 2.00 bits per heavy atom. The first-order chi connectivity index (χ1) is 7.34. The maximum Gasteiger partial charge on any atom is 0.309 e. The third-order valence-corrected chi connectivity index (χ3v) is 2.62. The van der Waals surface area contributed by atoms with Crippen molar-refractivity contribution in [2.75, 3.05) is 13.2 Å². The van der Waals surface area contributed by atoms with Gasteiger partial charge in [-0.05, 0) is 19.8 Å². The summed E-state index contributed by atoms with van der Waals surface area (Å²) in [5, 5.41) is 0. The van der Waals surface area contributed by atoms with Crippen molar-refractivity contribution in [3.8, 4) is 0 Å². The number of carbonyl (C=O) groups is 1. The van der Waals surface area contributed by atoms with E-state index in [1.807, 2.05) is 13.0 Å². The minimum atomic E-state index is -0.0428. The maximum absolute atomic E-state index is 11.5. The molecule has 0 amide bonds. The van der Waals surface area contributed by atoms with E-state index in [4.69, 9.17) is 9.47 Å². The van der Waals surface area contributed by atoms with Crippen LogP contribution in [0.3, 0.4) is 0 Å². The van der Waals surface area contributed by atoms with E-state index in [2.05, 4.69) is 0 Å². The molecule has 0 atom stereocenters. The van der Waals surface area contributed by atoms with Crippen molar-refractivity contribution in [2.24, 2.45) is 5.92 Å². The van der Waals surface area contributed by atoms with Crippen LogP contribution in [0.4, 0.5) is 0 Å². The van der Waals surface area contributed by atoms with Gasteiger partial charge in [-0.3, -0.25) is 4.79 Å². The first-order valence-corrected chi connectivity index (χ1v) is 5.74. The number of esters is 1. The van der Waals surface area contributed by atoms with Crippen LogP contribution in [0.15, 0.2) is 12.3 Å². The Labute approximate surface area is 91.4 Å². The summed E-state index contributed by atoms with van der Waals surface area (Å²) in [7, 11) is 0. The Morgan fingerprint density at radius 1 is 1.27 bits per heavy atom. The molecule has 3 nitrogen and oxygen atoms in total. The fraction of sp³-hybridized carbons (Fsp3) is 0.750. The number of hydrogen-bond donors (Lipinski definition) is 0. The second kappa shape index (κ2) is 7.32. The van der Waals surface area contributed by atoms with Crippen LogP contribution in [0.2, 0.25) is 0 Å². The third-order valence-electron chi connectivity index (χ3n) is 2.62. The molecule has 86 valence electrons. The van der Waals surface area contributed by atoms with Crippen molar-refractivity contribution in [3.05, 3.63) is 12.3 Å². The molecule has 0 saturated heterocycles. The van der Waals surface area contributed by atoms with E-state index in [-0.39, 0.29) is 11.9 Å². The number of ether oxygens (including phenoxy) is 2. The van der Waals surface area contributed by atoms with Gasteiger partial charge in [-0.15, -0.1) is 0 Å². The number of allylic oxidation sites excluding steroid dienone is 1. The van der Waals surface area contributed by atoms with Gasteiger partial charge in [0.2, 0.25) is 0 Å². The fourth-order valence-electron chi connectivity index (χ4n) is 1.81. The monoisotopic (exact) mass is 212 g/mol. The predicted octanol–water partition coefficient (Wildman–Crippen LogP) is 2.66. The van der Waals surface area contributed by atoms with E-state index in [9.17, 15) is 4.79 Å². The lowest BCUT2D eigenvalue weighted by Crippen LogP contribution is -2.21. The van der Waals surface area contributed by atoms with E-state index in [0.717, 1.165) is 25.7 Å². The molecule has 0 aromatic rings. The van der Waals surface area contributed by atoms with Gasteiger partial charge >= 0.3 is 5.97 Å². The van der Waals surface area contributed by atoms with E-state index in [1.54, 1.807) is 6.26 Å². The molecule has 0 unspecified atom stereocenters. The van der Waals surface area contributed by atoms with E-state index in [0.29, 0.717) is 13.2 Å². The van der Waals surface area contributed by atoms with Gasteiger partial charge in [0.05, 0.1) is 12.2 Å². The van der Waals surface area contributed by atoms with Crippen LogP contribution >= 0.6 is 0 Å². The Balaban J connectivity index is 2.06. The molecule has 0 heterocycles. The van der Waals surface area contributed by atoms with Gasteiger partial charge in [0.15, 0.2) is 0 Å². The Kier molecular flexibility index (Phi) is 5.90. The van der Waals surface area contributed by atoms with Crippen molar-refractivity contribution in [1.82, 2.24) is 0 Å². The van der Waals surface area contributed by atoms with Crippen LogP contribution in [0.5, 0.6) is 0 Å². The van der Waals surface area contributed by atoms with Crippen LogP contribution in [0.25, 0.3) is 0 Å². The average molecular weight is 212 g/mol. The molecule has 0 radical (unpaired) electrons. The van der Waals surface area contributed by atoms with Crippen LogP contribution in [0, 0.1) is 5.92 Å². The quantitative estimate of drug-likeness (QED) is 0.399. The molecule has 1 aliphatic rings. The van der Waals surface area contributed by atoms with Gasteiger partial charge in [-0.25, -0.2) is 0 Å². The van der Waals surface area contributed by atoms with Crippen LogP contribution in [0.1, 0.15) is 39.0 Å². The zero-order chi connectivity index (χ0) is 10.9. The van der Waals surface area contributed by atoms with Crippen molar-refractivity contribution in [2.45, 2.75) is 39.0 Å². The molecule has 1 aliphatic carbocycles. The third kappa shape index (κ3) is 4.86. The zero-order valence-corrected chi connectivity index (χ0v) is 9.41. The van der Waals surface area contributed by atoms with Gasteiger partial charge in [-0.2, -0.15) is 0 Å². The molecule has 0 spiro atoms. The average Bonchev–Trinajstić information content (AvgIpc) is 2.30. The summed E-state index contributed by atoms with van der Waals surface area (Å²) in [4.78, 5) is 11.5. The molecule has 15 heavy (non-hydrogen) atoms. The van der Waals surface area contributed by atoms with Gasteiger partial charge in [0.25, 0.3) is 0 Å². The summed E-state index contributed by atoms with van der Waals surface area (Å²) >= 11 is 0. The molecule has 0 aromatic carbocycles. The lowest BCUT2D eigenvalue weighted by Gasteiger charge is -2.19. The molecule has 0 aromatic heterocycles. The fourth-order valence-corrected chi connectivity index (χ4v) is 1.81. The zero-order valence-electron chi connectivity index (χ0n) is 9.41. The largest absolute Gasteiger partial charge is 0.498 e. The minimum absolute atomic E-state index is 0.0428. The lowest BCUT2D eigenvalue weighted by atomic mass is 9.89. The van der Waals surface area contributed by atoms with Gasteiger partial charge in [0, 0.05) is 0 Å². The van der Waals surface area contributed by atoms with Gasteiger partial charge in [-0.1, -0.05) is 25.3 Å². The summed E-state index contributed by atoms with van der Waals surface area (Å²) in [5.41, 5.74) is 0. The highest BCUT2D eigenvalue weighted by atomic mass is 16.6. The molecule has 0 aliphatic heterocycles. The van der Waals surface area contributed by atoms with E-state index in [1.165, 1.54) is 6.42 Å². The second-order valence-electron chi connectivity index (χ2n) is 3.84. The Morgan fingerprint density at radius 3 is 2.67 bits per heavy atom. The summed E-state index contributed by atoms with van der Waals surface area (Å²) in [6.07, 6.45) is 8.98. The Hall–Kier alpha value is -0.990. The molecule has 3 heteroatoms. The van der Waals surface area contributed by atoms with E-state index < -0.39 is 0 Å². The first kappa shape index (κ1) is 12.1. The minimum Gasteiger partial charge on any atom is -0.498 e. The molecule has 1 fully saturated rings. The lowest BCUT2D eigenvalue weighted by molar-refractivity contribution is -0.150. The normalized spacial score (nSPS) is 17.9. The standard InChI is InChI=1S/C12H20O3/c1-2-8-14-9-10-15-12(13)11-6-4-3-5-7-11/h2,8,11H,3-7,9-10H2,1H3. The van der Waals surface area contributed by atoms with Crippen molar-refractivity contribution >= 4 is 5.97 Å². The molecule has 1 rings (SSSR count). The molecular weight excluding hydrogens is 192 g/mol. The van der Waals surface area contributed by atoms with Crippen LogP contribution in [-0.4, -0.2) is 19.2 Å². The number of rotatable bonds is 5. The molecular formula is C12H20O3. The predicted molar refractivity (Wildman–Crippen MR) is 58.3 cm³/mol. The number of hydrogen-bond acceptors (Lipinski definition) is 3. The molecule has 1 saturated carbocycles. The Bertz CT molecular complexity index is 205. The van der Waals surface area contributed by atoms with Gasteiger partial charge in [0.1, 0.15) is 13.2 Å². The van der Waals surface area contributed by atoms with Crippen molar-refractivity contribution in [1.29, 1.82) is 0 Å². The van der Waals surface area contributed by atoms with E-state index >= 15 is 0 Å². The topological polar surface area (TPSA) is 35.5 Å². The van der Waals surface area contributed by atoms with Crippen molar-refractivity contribution in [3.63, 3.8) is 0 Å². The van der Waals surface area contributed by atoms with Crippen molar-refractivity contribution < 1.29 is 14.3 Å². The molecule has 0 N–H and O–H groups in total. The van der Waals surface area contributed by atoms with Gasteiger partial charge < -0.3 is 9.47 Å². The highest BCUT2D eigenvalue weighted by Crippen LogP contribution is 2.24. The maximum atomic E-state index is 11.5. The molecule has 0 bridgehead atoms. The first-order valence-electron chi connectivity index (χ1n) is 5.74. The number of carbonyl (C=O) groups excluding carboxylic acids is 1. The summed E-state index contributed by atoms with van der Waals surface area (Å²) in [6, 6.07) is 0. The summed E-state index contributed by atoms with van der Waals surface area (Å²) in [6.45, 7) is 2.69.